The van der Waals surface area contributed by atoms with Crippen molar-refractivity contribution in [2.75, 3.05) is 52.5 Å². The van der Waals surface area contributed by atoms with Crippen LogP contribution in [0.25, 0.3) is 0 Å². The van der Waals surface area contributed by atoms with Crippen LogP contribution in [0.5, 0.6) is 5.75 Å². The van der Waals surface area contributed by atoms with Gasteiger partial charge in [-0.1, -0.05) is 0 Å². The lowest BCUT2D eigenvalue weighted by Gasteiger charge is -2.36. The first kappa shape index (κ1) is 19.6. The van der Waals surface area contributed by atoms with E-state index in [1.54, 1.807) is 9.80 Å². The molecule has 2 saturated heterocycles. The van der Waals surface area contributed by atoms with Crippen molar-refractivity contribution in [1.29, 1.82) is 0 Å². The van der Waals surface area contributed by atoms with Crippen LogP contribution in [-0.2, 0) is 9.53 Å². The van der Waals surface area contributed by atoms with E-state index < -0.39 is 5.82 Å². The largest absolute Gasteiger partial charge is 0.491 e. The molecule has 8 heteroatoms. The summed E-state index contributed by atoms with van der Waals surface area (Å²) in [6.45, 7) is 3.68. The zero-order valence-electron chi connectivity index (χ0n) is 15.4. The van der Waals surface area contributed by atoms with Gasteiger partial charge in [0.15, 0.2) is 0 Å². The molecule has 2 N–H and O–H groups in total. The number of rotatable bonds is 5. The van der Waals surface area contributed by atoms with Gasteiger partial charge in [0, 0.05) is 32.7 Å². The number of hydrogen-bond donors (Lipinski definition) is 1. The molecule has 2 aliphatic heterocycles. The predicted octanol–water partition coefficient (Wildman–Crippen LogP) is 0.874. The lowest BCUT2D eigenvalue weighted by atomic mass is 9.95. The maximum Gasteiger partial charge on any atom is 0.257 e. The smallest absolute Gasteiger partial charge is 0.257 e. The van der Waals surface area contributed by atoms with Crippen molar-refractivity contribution in [3.8, 4) is 5.75 Å². The molecule has 2 aliphatic rings. The van der Waals surface area contributed by atoms with Gasteiger partial charge in [-0.2, -0.15) is 0 Å². The first-order valence-corrected chi connectivity index (χ1v) is 9.38. The zero-order valence-corrected chi connectivity index (χ0v) is 15.4. The molecule has 1 atom stereocenters. The Labute approximate surface area is 158 Å². The summed E-state index contributed by atoms with van der Waals surface area (Å²) in [7, 11) is 0. The summed E-state index contributed by atoms with van der Waals surface area (Å²) < 4.78 is 24.5. The molecule has 0 bridgehead atoms. The number of nitrogens with zero attached hydrogens (tertiary/aromatic N) is 2. The summed E-state index contributed by atoms with van der Waals surface area (Å²) in [5, 5.41) is 0. The highest BCUT2D eigenvalue weighted by atomic mass is 19.1. The van der Waals surface area contributed by atoms with Gasteiger partial charge in [0.1, 0.15) is 18.2 Å². The molecule has 2 fully saturated rings. The number of likely N-dealkylation sites (tertiary alicyclic amines) is 1. The van der Waals surface area contributed by atoms with E-state index in [4.69, 9.17) is 15.2 Å². The Balaban J connectivity index is 1.71. The number of piperidine rings is 1. The molecule has 0 spiro atoms. The quantitative estimate of drug-likeness (QED) is 0.821. The van der Waals surface area contributed by atoms with Crippen LogP contribution in [0.15, 0.2) is 18.2 Å². The minimum atomic E-state index is -0.503. The van der Waals surface area contributed by atoms with Crippen molar-refractivity contribution in [2.24, 2.45) is 11.7 Å². The number of nitrogens with two attached hydrogens (primary N) is 1. The Morgan fingerprint density at radius 2 is 2.00 bits per heavy atom. The molecule has 0 saturated carbocycles. The van der Waals surface area contributed by atoms with E-state index in [9.17, 15) is 14.0 Å². The second kappa shape index (κ2) is 9.14. The van der Waals surface area contributed by atoms with Gasteiger partial charge in [-0.3, -0.25) is 9.59 Å². The van der Waals surface area contributed by atoms with E-state index in [-0.39, 0.29) is 29.9 Å². The van der Waals surface area contributed by atoms with Crippen molar-refractivity contribution in [3.05, 3.63) is 29.6 Å². The fraction of sp³-hybridized carbons (Fsp3) is 0.579. The van der Waals surface area contributed by atoms with E-state index in [1.165, 1.54) is 18.2 Å². The number of amides is 2. The van der Waals surface area contributed by atoms with Crippen LogP contribution >= 0.6 is 0 Å². The molecular formula is C19H26FN3O4. The average Bonchev–Trinajstić information content (AvgIpc) is 2.72. The third-order valence-electron chi connectivity index (χ3n) is 4.93. The highest BCUT2D eigenvalue weighted by Gasteiger charge is 2.33. The highest BCUT2D eigenvalue weighted by molar-refractivity contribution is 5.97. The molecule has 0 radical (unpaired) electrons. The topological polar surface area (TPSA) is 85.1 Å². The van der Waals surface area contributed by atoms with Gasteiger partial charge in [-0.25, -0.2) is 4.39 Å². The maximum atomic E-state index is 13.7. The van der Waals surface area contributed by atoms with Crippen molar-refractivity contribution in [1.82, 2.24) is 9.80 Å². The Morgan fingerprint density at radius 3 is 2.74 bits per heavy atom. The Bertz CT molecular complexity index is 679. The summed E-state index contributed by atoms with van der Waals surface area (Å²) in [6.07, 6.45) is 1.49. The molecule has 1 unspecified atom stereocenters. The minimum absolute atomic E-state index is 0.0645. The first-order valence-electron chi connectivity index (χ1n) is 9.38. The van der Waals surface area contributed by atoms with E-state index in [1.807, 2.05) is 0 Å². The van der Waals surface area contributed by atoms with Crippen LogP contribution in [0.4, 0.5) is 4.39 Å². The number of morpholine rings is 1. The molecular weight excluding hydrogens is 353 g/mol. The van der Waals surface area contributed by atoms with Gasteiger partial charge in [0.2, 0.25) is 5.91 Å². The van der Waals surface area contributed by atoms with Crippen LogP contribution in [-0.4, -0.2) is 74.2 Å². The van der Waals surface area contributed by atoms with E-state index in [2.05, 4.69) is 0 Å². The van der Waals surface area contributed by atoms with E-state index in [0.29, 0.717) is 51.7 Å². The first-order chi connectivity index (χ1) is 13.1. The Kier molecular flexibility index (Phi) is 6.63. The summed E-state index contributed by atoms with van der Waals surface area (Å²) in [5.41, 5.74) is 5.62. The fourth-order valence-electron chi connectivity index (χ4n) is 3.54. The van der Waals surface area contributed by atoms with E-state index >= 15 is 0 Å². The molecule has 1 aromatic carbocycles. The molecule has 1 aromatic rings. The van der Waals surface area contributed by atoms with Gasteiger partial charge < -0.3 is 25.0 Å². The van der Waals surface area contributed by atoms with Gasteiger partial charge in [0.05, 0.1) is 24.7 Å². The highest BCUT2D eigenvalue weighted by Crippen LogP contribution is 2.26. The normalized spacial score (nSPS) is 20.4. The molecule has 2 heterocycles. The Morgan fingerprint density at radius 1 is 1.22 bits per heavy atom. The van der Waals surface area contributed by atoms with Gasteiger partial charge in [-0.15, -0.1) is 0 Å². The summed E-state index contributed by atoms with van der Waals surface area (Å²) in [4.78, 5) is 29.2. The van der Waals surface area contributed by atoms with Crippen LogP contribution in [0, 0.1) is 11.7 Å². The molecule has 7 nitrogen and oxygen atoms in total. The summed E-state index contributed by atoms with van der Waals surface area (Å²) in [6, 6.07) is 3.88. The van der Waals surface area contributed by atoms with Crippen molar-refractivity contribution < 1.29 is 23.5 Å². The molecule has 0 aromatic heterocycles. The number of benzene rings is 1. The molecule has 3 rings (SSSR count). The number of carbonyl (C=O) groups excluding carboxylic acids is 2. The number of carbonyl (C=O) groups is 2. The van der Waals surface area contributed by atoms with Crippen LogP contribution in [0.2, 0.25) is 0 Å². The lowest BCUT2D eigenvalue weighted by molar-refractivity contribution is -0.141. The van der Waals surface area contributed by atoms with Gasteiger partial charge in [-0.05, 0) is 31.0 Å². The number of halogens is 1. The number of hydrogen-bond acceptors (Lipinski definition) is 5. The molecule has 148 valence electrons. The van der Waals surface area contributed by atoms with Crippen LogP contribution in [0.1, 0.15) is 23.2 Å². The van der Waals surface area contributed by atoms with Crippen LogP contribution < -0.4 is 10.5 Å². The molecule has 27 heavy (non-hydrogen) atoms. The number of ether oxygens (including phenoxy) is 2. The van der Waals surface area contributed by atoms with Gasteiger partial charge in [0.25, 0.3) is 5.91 Å². The van der Waals surface area contributed by atoms with Crippen molar-refractivity contribution >= 4 is 11.8 Å². The average molecular weight is 379 g/mol. The predicted molar refractivity (Wildman–Crippen MR) is 97.0 cm³/mol. The third kappa shape index (κ3) is 4.75. The minimum Gasteiger partial charge on any atom is -0.491 e. The second-order valence-corrected chi connectivity index (χ2v) is 6.81. The fourth-order valence-corrected chi connectivity index (χ4v) is 3.54. The standard InChI is InChI=1S/C19H26FN3O4/c20-15-3-4-17(27-9-5-21)16(12-15)19(25)23-6-1-2-14(13-23)18(24)22-7-10-26-11-8-22/h3-4,12,14H,1-2,5-11,13,21H2. The van der Waals surface area contributed by atoms with E-state index in [0.717, 1.165) is 12.8 Å². The maximum absolute atomic E-state index is 13.7. The monoisotopic (exact) mass is 379 g/mol. The summed E-state index contributed by atoms with van der Waals surface area (Å²) >= 11 is 0. The zero-order chi connectivity index (χ0) is 19.2. The van der Waals surface area contributed by atoms with Crippen molar-refractivity contribution in [3.63, 3.8) is 0 Å². The summed E-state index contributed by atoms with van der Waals surface area (Å²) in [5.74, 6) is -0.678. The van der Waals surface area contributed by atoms with Crippen molar-refractivity contribution in [2.45, 2.75) is 12.8 Å². The SMILES string of the molecule is NCCOc1ccc(F)cc1C(=O)N1CCCC(C(=O)N2CCOCC2)C1. The van der Waals surface area contributed by atoms with Gasteiger partial charge >= 0.3 is 0 Å². The molecule has 0 aliphatic carbocycles. The van der Waals surface area contributed by atoms with Crippen LogP contribution in [0.3, 0.4) is 0 Å². The second-order valence-electron chi connectivity index (χ2n) is 6.81. The Hall–Kier alpha value is -2.19. The lowest BCUT2D eigenvalue weighted by Crippen LogP contribution is -2.49. The third-order valence-corrected chi connectivity index (χ3v) is 4.93. The molecule has 2 amide bonds.